The molecule has 0 spiro atoms. The van der Waals surface area contributed by atoms with E-state index in [-0.39, 0.29) is 11.8 Å². The van der Waals surface area contributed by atoms with E-state index in [0.717, 1.165) is 62.8 Å². The van der Waals surface area contributed by atoms with Gasteiger partial charge in [0.25, 0.3) is 0 Å². The summed E-state index contributed by atoms with van der Waals surface area (Å²) in [5.41, 5.74) is 3.39. The number of hydrogen-bond acceptors (Lipinski definition) is 3. The molecule has 3 rings (SSSR count). The number of nitrogens with zero attached hydrogens (tertiary/aromatic N) is 2. The van der Waals surface area contributed by atoms with Crippen molar-refractivity contribution in [2.24, 2.45) is 5.92 Å². The van der Waals surface area contributed by atoms with Gasteiger partial charge in [-0.3, -0.25) is 14.6 Å². The summed E-state index contributed by atoms with van der Waals surface area (Å²) >= 11 is 6.08. The van der Waals surface area contributed by atoms with E-state index in [9.17, 15) is 4.79 Å². The topological polar surface area (TPSA) is 35.6 Å². The van der Waals surface area contributed by atoms with Gasteiger partial charge in [0, 0.05) is 29.7 Å². The van der Waals surface area contributed by atoms with E-state index in [4.69, 9.17) is 11.6 Å². The Bertz CT molecular complexity index is 781. The molecule has 0 aromatic heterocycles. The van der Waals surface area contributed by atoms with Gasteiger partial charge in [-0.15, -0.1) is 0 Å². The Morgan fingerprint density at radius 1 is 1.07 bits per heavy atom. The van der Waals surface area contributed by atoms with Crippen molar-refractivity contribution in [3.8, 4) is 0 Å². The second kappa shape index (κ2) is 10.8. The summed E-state index contributed by atoms with van der Waals surface area (Å²) in [4.78, 5) is 17.5. The quantitative estimate of drug-likeness (QED) is 0.659. The smallest absolute Gasteiger partial charge is 0.227 e. The third-order valence-corrected chi connectivity index (χ3v) is 6.01. The number of carbonyl (C=O) groups excluding carboxylic acids is 1. The van der Waals surface area contributed by atoms with Crippen LogP contribution in [0.15, 0.2) is 48.5 Å². The number of halogens is 1. The van der Waals surface area contributed by atoms with Crippen LogP contribution in [-0.2, 0) is 17.9 Å². The third-order valence-electron chi connectivity index (χ3n) is 5.78. The lowest BCUT2D eigenvalue weighted by atomic mass is 9.95. The van der Waals surface area contributed by atoms with Gasteiger partial charge in [-0.1, -0.05) is 49.7 Å². The first-order valence-electron chi connectivity index (χ1n) is 10.7. The van der Waals surface area contributed by atoms with Crippen molar-refractivity contribution in [1.29, 1.82) is 0 Å². The second-order valence-corrected chi connectivity index (χ2v) is 8.26. The molecule has 1 aliphatic rings. The molecule has 4 nitrogen and oxygen atoms in total. The minimum absolute atomic E-state index is 0.0842. The van der Waals surface area contributed by atoms with Crippen LogP contribution in [0.3, 0.4) is 0 Å². The molecule has 0 atom stereocenters. The molecule has 2 aromatic carbocycles. The minimum atomic E-state index is 0.0842. The Labute approximate surface area is 179 Å². The molecule has 1 heterocycles. The minimum Gasteiger partial charge on any atom is -0.326 e. The highest BCUT2D eigenvalue weighted by molar-refractivity contribution is 6.30. The zero-order valence-electron chi connectivity index (χ0n) is 17.5. The van der Waals surface area contributed by atoms with Gasteiger partial charge in [0.15, 0.2) is 0 Å². The molecular formula is C24H32ClN3O. The molecule has 1 N–H and O–H groups in total. The molecule has 0 unspecified atom stereocenters. The van der Waals surface area contributed by atoms with Crippen molar-refractivity contribution >= 4 is 23.2 Å². The fourth-order valence-electron chi connectivity index (χ4n) is 3.89. The Morgan fingerprint density at radius 2 is 1.76 bits per heavy atom. The SMILES string of the molecule is CCN(CC)Cc1ccc(NC(=O)C2CCN(Cc3cccc(Cl)c3)CC2)cc1. The van der Waals surface area contributed by atoms with Crippen molar-refractivity contribution < 1.29 is 4.79 Å². The Balaban J connectivity index is 1.46. The lowest BCUT2D eigenvalue weighted by Crippen LogP contribution is -2.37. The summed E-state index contributed by atoms with van der Waals surface area (Å²) in [5.74, 6) is 0.227. The summed E-state index contributed by atoms with van der Waals surface area (Å²) in [6, 6.07) is 16.3. The fourth-order valence-corrected chi connectivity index (χ4v) is 4.10. The molecule has 0 radical (unpaired) electrons. The first-order chi connectivity index (χ1) is 14.1. The number of anilines is 1. The number of rotatable bonds is 8. The predicted molar refractivity (Wildman–Crippen MR) is 121 cm³/mol. The van der Waals surface area contributed by atoms with Gasteiger partial charge in [0.05, 0.1) is 0 Å². The number of benzene rings is 2. The van der Waals surface area contributed by atoms with Gasteiger partial charge in [0.2, 0.25) is 5.91 Å². The summed E-state index contributed by atoms with van der Waals surface area (Å²) in [5, 5.41) is 3.88. The van der Waals surface area contributed by atoms with Gasteiger partial charge < -0.3 is 5.32 Å². The Hall–Kier alpha value is -1.88. The van der Waals surface area contributed by atoms with E-state index >= 15 is 0 Å². The zero-order valence-corrected chi connectivity index (χ0v) is 18.3. The van der Waals surface area contributed by atoms with Crippen molar-refractivity contribution in [2.45, 2.75) is 39.8 Å². The van der Waals surface area contributed by atoms with Crippen molar-refractivity contribution in [3.05, 3.63) is 64.7 Å². The highest BCUT2D eigenvalue weighted by Gasteiger charge is 2.25. The number of piperidine rings is 1. The number of likely N-dealkylation sites (tertiary alicyclic amines) is 1. The number of amides is 1. The molecule has 1 aliphatic heterocycles. The first kappa shape index (κ1) is 21.8. The molecule has 0 aliphatic carbocycles. The maximum Gasteiger partial charge on any atom is 0.227 e. The number of carbonyl (C=O) groups is 1. The van der Waals surface area contributed by atoms with Gasteiger partial charge >= 0.3 is 0 Å². The van der Waals surface area contributed by atoms with Crippen molar-refractivity contribution in [1.82, 2.24) is 9.80 Å². The van der Waals surface area contributed by atoms with E-state index in [1.165, 1.54) is 11.1 Å². The van der Waals surface area contributed by atoms with E-state index in [1.807, 2.05) is 30.3 Å². The van der Waals surface area contributed by atoms with E-state index in [1.54, 1.807) is 0 Å². The molecule has 29 heavy (non-hydrogen) atoms. The van der Waals surface area contributed by atoms with Crippen LogP contribution in [0, 0.1) is 5.92 Å². The van der Waals surface area contributed by atoms with Crippen LogP contribution < -0.4 is 5.32 Å². The van der Waals surface area contributed by atoms with Crippen LogP contribution >= 0.6 is 11.6 Å². The summed E-state index contributed by atoms with van der Waals surface area (Å²) in [6.07, 6.45) is 1.79. The van der Waals surface area contributed by atoms with Crippen LogP contribution in [0.25, 0.3) is 0 Å². The lowest BCUT2D eigenvalue weighted by Gasteiger charge is -2.31. The molecule has 0 bridgehead atoms. The standard InChI is InChI=1S/C24H32ClN3O/c1-3-27(4-2)17-19-8-10-23(11-9-19)26-24(29)21-12-14-28(15-13-21)18-20-6-5-7-22(25)16-20/h5-11,16,21H,3-4,12-15,17-18H2,1-2H3,(H,26,29). The largest absolute Gasteiger partial charge is 0.326 e. The van der Waals surface area contributed by atoms with Crippen LogP contribution in [0.4, 0.5) is 5.69 Å². The van der Waals surface area contributed by atoms with Crippen molar-refractivity contribution in [2.75, 3.05) is 31.5 Å². The van der Waals surface area contributed by atoms with Gasteiger partial charge in [-0.25, -0.2) is 0 Å². The maximum atomic E-state index is 12.7. The Morgan fingerprint density at radius 3 is 2.38 bits per heavy atom. The van der Waals surface area contributed by atoms with Gasteiger partial charge in [-0.2, -0.15) is 0 Å². The second-order valence-electron chi connectivity index (χ2n) is 7.83. The van der Waals surface area contributed by atoms with Gasteiger partial charge in [0.1, 0.15) is 0 Å². The first-order valence-corrected chi connectivity index (χ1v) is 11.0. The van der Waals surface area contributed by atoms with Crippen molar-refractivity contribution in [3.63, 3.8) is 0 Å². The van der Waals surface area contributed by atoms with Crippen LogP contribution in [0.1, 0.15) is 37.8 Å². The molecule has 1 amide bonds. The summed E-state index contributed by atoms with van der Waals surface area (Å²) < 4.78 is 0. The third kappa shape index (κ3) is 6.56. The molecule has 1 fully saturated rings. The van der Waals surface area contributed by atoms with E-state index < -0.39 is 0 Å². The summed E-state index contributed by atoms with van der Waals surface area (Å²) in [7, 11) is 0. The highest BCUT2D eigenvalue weighted by Crippen LogP contribution is 2.22. The maximum absolute atomic E-state index is 12.7. The Kier molecular flexibility index (Phi) is 8.10. The molecule has 2 aromatic rings. The average Bonchev–Trinajstić information content (AvgIpc) is 2.73. The van der Waals surface area contributed by atoms with Crippen LogP contribution in [0.2, 0.25) is 5.02 Å². The molecule has 156 valence electrons. The van der Waals surface area contributed by atoms with E-state index in [0.29, 0.717) is 0 Å². The monoisotopic (exact) mass is 413 g/mol. The normalized spacial score (nSPS) is 15.6. The van der Waals surface area contributed by atoms with Crippen LogP contribution in [0.5, 0.6) is 0 Å². The fraction of sp³-hybridized carbons (Fsp3) is 0.458. The molecule has 5 heteroatoms. The van der Waals surface area contributed by atoms with Crippen LogP contribution in [-0.4, -0.2) is 41.9 Å². The lowest BCUT2D eigenvalue weighted by molar-refractivity contribution is -0.121. The zero-order chi connectivity index (χ0) is 20.6. The summed E-state index contributed by atoms with van der Waals surface area (Å²) in [6.45, 7) is 10.2. The highest BCUT2D eigenvalue weighted by atomic mass is 35.5. The molecular weight excluding hydrogens is 382 g/mol. The molecule has 1 saturated heterocycles. The predicted octanol–water partition coefficient (Wildman–Crippen LogP) is 5.03. The average molecular weight is 414 g/mol. The van der Waals surface area contributed by atoms with E-state index in [2.05, 4.69) is 47.2 Å². The number of hydrogen-bond donors (Lipinski definition) is 1. The van der Waals surface area contributed by atoms with Gasteiger partial charge in [-0.05, 0) is 74.4 Å². The molecule has 0 saturated carbocycles. The number of nitrogens with one attached hydrogen (secondary N) is 1.